The van der Waals surface area contributed by atoms with Crippen LogP contribution >= 0.6 is 0 Å². The first-order chi connectivity index (χ1) is 12.8. The minimum atomic E-state index is -4.78. The van der Waals surface area contributed by atoms with Crippen LogP contribution in [0.5, 0.6) is 5.75 Å². The molecule has 144 valence electrons. The van der Waals surface area contributed by atoms with Gasteiger partial charge < -0.3 is 10.1 Å². The zero-order valence-electron chi connectivity index (χ0n) is 14.3. The van der Waals surface area contributed by atoms with Gasteiger partial charge in [0, 0.05) is 24.0 Å². The number of anilines is 1. The summed E-state index contributed by atoms with van der Waals surface area (Å²) in [5.41, 5.74) is -1.96. The summed E-state index contributed by atoms with van der Waals surface area (Å²) in [7, 11) is 0. The molecule has 0 unspecified atom stereocenters. The van der Waals surface area contributed by atoms with Gasteiger partial charge >= 0.3 is 6.18 Å². The lowest BCUT2D eigenvalue weighted by Crippen LogP contribution is -2.31. The summed E-state index contributed by atoms with van der Waals surface area (Å²) in [5.74, 6) is 0.694. The van der Waals surface area contributed by atoms with E-state index < -0.39 is 22.4 Å². The molecule has 1 aliphatic carbocycles. The molecule has 0 radical (unpaired) electrons. The van der Waals surface area contributed by atoms with Gasteiger partial charge in [0.2, 0.25) is 0 Å². The monoisotopic (exact) mass is 381 g/mol. The molecule has 0 spiro atoms. The number of ether oxygens (including phenoxy) is 1. The number of nitrogens with one attached hydrogen (secondary N) is 1. The first kappa shape index (κ1) is 18.9. The van der Waals surface area contributed by atoms with Crippen LogP contribution in [0.25, 0.3) is 0 Å². The predicted octanol–water partition coefficient (Wildman–Crippen LogP) is 4.81. The fourth-order valence-electron chi connectivity index (χ4n) is 3.18. The van der Waals surface area contributed by atoms with E-state index in [1.54, 1.807) is 18.5 Å². The molecule has 2 aromatic rings. The lowest BCUT2D eigenvalue weighted by molar-refractivity contribution is -0.388. The zero-order chi connectivity index (χ0) is 19.4. The number of nitro benzene ring substituents is 1. The van der Waals surface area contributed by atoms with Gasteiger partial charge in [0.05, 0.1) is 17.2 Å². The molecule has 0 amide bonds. The van der Waals surface area contributed by atoms with E-state index in [1.807, 2.05) is 6.07 Å². The van der Waals surface area contributed by atoms with Crippen LogP contribution in [0.3, 0.4) is 0 Å². The highest BCUT2D eigenvalue weighted by Crippen LogP contribution is 2.38. The lowest BCUT2D eigenvalue weighted by atomic mass is 9.92. The van der Waals surface area contributed by atoms with E-state index in [0.29, 0.717) is 5.75 Å². The summed E-state index contributed by atoms with van der Waals surface area (Å²) in [4.78, 5) is 13.8. The zero-order valence-corrected chi connectivity index (χ0v) is 14.3. The maximum atomic E-state index is 13.1. The normalized spacial score (nSPS) is 20.1. The number of alkyl halides is 3. The van der Waals surface area contributed by atoms with E-state index in [1.165, 1.54) is 6.07 Å². The molecule has 3 rings (SSSR count). The molecule has 9 heteroatoms. The Morgan fingerprint density at radius 1 is 1.19 bits per heavy atom. The number of halogens is 3. The lowest BCUT2D eigenvalue weighted by Gasteiger charge is -2.30. The Labute approximate surface area is 153 Å². The fraction of sp³-hybridized carbons (Fsp3) is 0.389. The summed E-state index contributed by atoms with van der Waals surface area (Å²) in [5, 5.41) is 13.9. The van der Waals surface area contributed by atoms with Gasteiger partial charge in [0.25, 0.3) is 5.69 Å². The van der Waals surface area contributed by atoms with Crippen LogP contribution in [0.2, 0.25) is 0 Å². The van der Waals surface area contributed by atoms with E-state index in [4.69, 9.17) is 4.74 Å². The molecule has 1 saturated carbocycles. The summed E-state index contributed by atoms with van der Waals surface area (Å²) >= 11 is 0. The number of benzene rings is 1. The van der Waals surface area contributed by atoms with Crippen LogP contribution in [0, 0.1) is 10.1 Å². The maximum Gasteiger partial charge on any atom is 0.423 e. The van der Waals surface area contributed by atoms with Crippen molar-refractivity contribution in [3.63, 3.8) is 0 Å². The molecule has 1 fully saturated rings. The van der Waals surface area contributed by atoms with Gasteiger partial charge in [-0.05, 0) is 49.9 Å². The third-order valence-corrected chi connectivity index (χ3v) is 4.48. The highest BCUT2D eigenvalue weighted by atomic mass is 19.4. The molecular weight excluding hydrogens is 363 g/mol. The molecule has 0 bridgehead atoms. The molecule has 0 atom stereocenters. The van der Waals surface area contributed by atoms with Crippen LogP contribution in [0.1, 0.15) is 31.2 Å². The fourth-order valence-corrected chi connectivity index (χ4v) is 3.18. The Morgan fingerprint density at radius 3 is 2.52 bits per heavy atom. The largest absolute Gasteiger partial charge is 0.489 e. The summed E-state index contributed by atoms with van der Waals surface area (Å²) in [6.07, 6.45) is 1.52. The van der Waals surface area contributed by atoms with Gasteiger partial charge in [-0.15, -0.1) is 0 Å². The minimum Gasteiger partial charge on any atom is -0.489 e. The third-order valence-electron chi connectivity index (χ3n) is 4.48. The van der Waals surface area contributed by atoms with Gasteiger partial charge in [-0.1, -0.05) is 0 Å². The molecule has 1 heterocycles. The number of aromatic nitrogens is 1. The average Bonchev–Trinajstić information content (AvgIpc) is 2.63. The first-order valence-electron chi connectivity index (χ1n) is 8.52. The Kier molecular flexibility index (Phi) is 5.48. The molecule has 0 aliphatic heterocycles. The number of hydrogen-bond donors (Lipinski definition) is 1. The molecule has 0 saturated heterocycles. The minimum absolute atomic E-state index is 0.0127. The van der Waals surface area contributed by atoms with Crippen molar-refractivity contribution in [2.75, 3.05) is 5.32 Å². The molecular formula is C18H18F3N3O3. The quantitative estimate of drug-likeness (QED) is 0.594. The van der Waals surface area contributed by atoms with Crippen molar-refractivity contribution >= 4 is 11.4 Å². The number of hydrogen-bond acceptors (Lipinski definition) is 5. The average molecular weight is 381 g/mol. The van der Waals surface area contributed by atoms with Crippen LogP contribution in [0.15, 0.2) is 42.7 Å². The van der Waals surface area contributed by atoms with Crippen LogP contribution in [-0.2, 0) is 6.18 Å². The first-order valence-corrected chi connectivity index (χ1v) is 8.52. The maximum absolute atomic E-state index is 13.1. The second-order valence-corrected chi connectivity index (χ2v) is 6.41. The van der Waals surface area contributed by atoms with Crippen molar-refractivity contribution in [3.05, 3.63) is 58.4 Å². The second kappa shape index (κ2) is 7.81. The second-order valence-electron chi connectivity index (χ2n) is 6.41. The Balaban J connectivity index is 1.61. The van der Waals surface area contributed by atoms with Crippen molar-refractivity contribution < 1.29 is 22.8 Å². The number of nitro groups is 1. The van der Waals surface area contributed by atoms with Crippen molar-refractivity contribution in [2.45, 2.75) is 44.0 Å². The molecule has 1 aliphatic rings. The molecule has 27 heavy (non-hydrogen) atoms. The molecule has 6 nitrogen and oxygen atoms in total. The standard InChI is InChI=1S/C18H18F3N3O3/c19-18(20,21)16-10-13(5-8-17(16)24(25)26)23-12-3-6-14(7-4-12)27-15-2-1-9-22-11-15/h1-2,5,8-12,14,23H,3-4,6-7H2. The van der Waals surface area contributed by atoms with Crippen molar-refractivity contribution in [1.82, 2.24) is 4.98 Å². The SMILES string of the molecule is O=[N+]([O-])c1ccc(NC2CCC(Oc3cccnc3)CC2)cc1C(F)(F)F. The van der Waals surface area contributed by atoms with Gasteiger partial charge in [-0.25, -0.2) is 0 Å². The van der Waals surface area contributed by atoms with Crippen molar-refractivity contribution in [2.24, 2.45) is 0 Å². The Hall–Kier alpha value is -2.84. The topological polar surface area (TPSA) is 77.3 Å². The van der Waals surface area contributed by atoms with Gasteiger partial charge in [-0.2, -0.15) is 13.2 Å². The van der Waals surface area contributed by atoms with Crippen LogP contribution < -0.4 is 10.1 Å². The highest BCUT2D eigenvalue weighted by molar-refractivity contribution is 5.55. The smallest absolute Gasteiger partial charge is 0.423 e. The predicted molar refractivity (Wildman–Crippen MR) is 92.6 cm³/mol. The summed E-state index contributed by atoms with van der Waals surface area (Å²) in [6.45, 7) is 0. The van der Waals surface area contributed by atoms with Crippen LogP contribution in [-0.4, -0.2) is 22.1 Å². The molecule has 1 aromatic heterocycles. The van der Waals surface area contributed by atoms with E-state index >= 15 is 0 Å². The van der Waals surface area contributed by atoms with E-state index in [-0.39, 0.29) is 17.8 Å². The summed E-state index contributed by atoms with van der Waals surface area (Å²) in [6, 6.07) is 6.60. The van der Waals surface area contributed by atoms with Crippen molar-refractivity contribution in [1.29, 1.82) is 0 Å². The van der Waals surface area contributed by atoms with E-state index in [9.17, 15) is 23.3 Å². The van der Waals surface area contributed by atoms with Gasteiger partial charge in [0.1, 0.15) is 11.3 Å². The Bertz CT molecular complexity index is 791. The van der Waals surface area contributed by atoms with Gasteiger partial charge in [-0.3, -0.25) is 15.1 Å². The summed E-state index contributed by atoms with van der Waals surface area (Å²) < 4.78 is 45.1. The molecule has 1 aromatic carbocycles. The van der Waals surface area contributed by atoms with Crippen molar-refractivity contribution in [3.8, 4) is 5.75 Å². The van der Waals surface area contributed by atoms with Crippen LogP contribution in [0.4, 0.5) is 24.5 Å². The number of pyridine rings is 1. The number of rotatable bonds is 5. The Morgan fingerprint density at radius 2 is 1.93 bits per heavy atom. The van der Waals surface area contributed by atoms with E-state index in [2.05, 4.69) is 10.3 Å². The number of nitrogens with zero attached hydrogens (tertiary/aromatic N) is 2. The third kappa shape index (κ3) is 4.87. The van der Waals surface area contributed by atoms with Gasteiger partial charge in [0.15, 0.2) is 0 Å². The van der Waals surface area contributed by atoms with E-state index in [0.717, 1.165) is 37.8 Å². The molecule has 1 N–H and O–H groups in total. The highest BCUT2D eigenvalue weighted by Gasteiger charge is 2.38.